The van der Waals surface area contributed by atoms with Crippen molar-refractivity contribution < 1.29 is 9.53 Å². The fourth-order valence-electron chi connectivity index (χ4n) is 3.14. The number of carbonyl (C=O) groups excluding carboxylic acids is 1. The topological polar surface area (TPSA) is 94.8 Å². The average Bonchev–Trinajstić information content (AvgIpc) is 3.29. The first-order valence-electron chi connectivity index (χ1n) is 9.36. The Balaban J connectivity index is 1.53. The summed E-state index contributed by atoms with van der Waals surface area (Å²) in [5.74, 6) is 1.02. The van der Waals surface area contributed by atoms with Crippen molar-refractivity contribution in [1.82, 2.24) is 24.7 Å². The van der Waals surface area contributed by atoms with Crippen LogP contribution in [0.3, 0.4) is 0 Å². The van der Waals surface area contributed by atoms with Gasteiger partial charge in [-0.25, -0.2) is 14.6 Å². The minimum absolute atomic E-state index is 0.241. The Hall–Kier alpha value is -4.07. The summed E-state index contributed by atoms with van der Waals surface area (Å²) in [7, 11) is 0. The van der Waals surface area contributed by atoms with E-state index in [1.165, 1.54) is 17.3 Å². The lowest BCUT2D eigenvalue weighted by molar-refractivity contribution is 0.102. The van der Waals surface area contributed by atoms with Crippen LogP contribution >= 0.6 is 0 Å². The van der Waals surface area contributed by atoms with Gasteiger partial charge >= 0.3 is 0 Å². The van der Waals surface area contributed by atoms with Crippen LogP contribution in [0.5, 0.6) is 5.75 Å². The molecule has 3 aromatic heterocycles. The summed E-state index contributed by atoms with van der Waals surface area (Å²) in [6.45, 7) is 4.26. The summed E-state index contributed by atoms with van der Waals surface area (Å²) < 4.78 is 7.48. The number of amides is 1. The fraction of sp³-hybridized carbons (Fsp3) is 0.136. The standard InChI is InChI=1S/C22H20N6O2/c1-15-9-18(10-16(2)20(15)30-12-17-5-3-7-23-11-17)22(29)27-19-6-4-8-25-21(19)28-14-24-13-26-28/h3-11,13-14H,12H2,1-2H3,(H,27,29). The lowest BCUT2D eigenvalue weighted by atomic mass is 10.0. The first kappa shape index (κ1) is 19.3. The van der Waals surface area contributed by atoms with E-state index in [0.717, 1.165) is 22.4 Å². The Morgan fingerprint density at radius 2 is 1.90 bits per heavy atom. The molecule has 150 valence electrons. The van der Waals surface area contributed by atoms with Crippen molar-refractivity contribution in [3.63, 3.8) is 0 Å². The zero-order chi connectivity index (χ0) is 20.9. The Morgan fingerprint density at radius 1 is 1.10 bits per heavy atom. The molecule has 0 saturated heterocycles. The van der Waals surface area contributed by atoms with Gasteiger partial charge in [0.2, 0.25) is 0 Å². The number of nitrogens with one attached hydrogen (secondary N) is 1. The highest BCUT2D eigenvalue weighted by molar-refractivity contribution is 6.05. The number of rotatable bonds is 6. The molecule has 0 aliphatic carbocycles. The number of carbonyl (C=O) groups is 1. The maximum atomic E-state index is 12.9. The van der Waals surface area contributed by atoms with Crippen LogP contribution in [0, 0.1) is 13.8 Å². The molecular formula is C22H20N6O2. The molecule has 4 aromatic rings. The molecule has 0 radical (unpaired) electrons. The van der Waals surface area contributed by atoms with Crippen LogP contribution in [0.1, 0.15) is 27.0 Å². The Labute approximate surface area is 173 Å². The number of hydrogen-bond donors (Lipinski definition) is 1. The summed E-state index contributed by atoms with van der Waals surface area (Å²) in [6.07, 6.45) is 8.07. The molecule has 0 atom stereocenters. The smallest absolute Gasteiger partial charge is 0.255 e. The normalized spacial score (nSPS) is 10.6. The molecule has 0 fully saturated rings. The molecular weight excluding hydrogens is 380 g/mol. The van der Waals surface area contributed by atoms with Crippen molar-refractivity contribution in [3.05, 3.63) is 89.9 Å². The van der Waals surface area contributed by atoms with Crippen LogP contribution in [0.15, 0.2) is 67.6 Å². The largest absolute Gasteiger partial charge is 0.488 e. The van der Waals surface area contributed by atoms with E-state index in [1.807, 2.05) is 38.1 Å². The number of anilines is 1. The van der Waals surface area contributed by atoms with Crippen LogP contribution in [0.4, 0.5) is 5.69 Å². The van der Waals surface area contributed by atoms with E-state index in [4.69, 9.17) is 4.74 Å². The van der Waals surface area contributed by atoms with Gasteiger partial charge in [-0.05, 0) is 55.3 Å². The summed E-state index contributed by atoms with van der Waals surface area (Å²) in [5, 5.41) is 6.99. The third kappa shape index (κ3) is 4.17. The Kier molecular flexibility index (Phi) is 5.47. The zero-order valence-corrected chi connectivity index (χ0v) is 16.6. The lowest BCUT2D eigenvalue weighted by Gasteiger charge is -2.15. The number of hydrogen-bond acceptors (Lipinski definition) is 6. The predicted molar refractivity (Wildman–Crippen MR) is 112 cm³/mol. The Bertz CT molecular complexity index is 1140. The lowest BCUT2D eigenvalue weighted by Crippen LogP contribution is -2.15. The molecule has 1 N–H and O–H groups in total. The van der Waals surface area contributed by atoms with Gasteiger partial charge in [0.25, 0.3) is 5.91 Å². The molecule has 8 nitrogen and oxygen atoms in total. The number of benzene rings is 1. The quantitative estimate of drug-likeness (QED) is 0.532. The van der Waals surface area contributed by atoms with E-state index in [-0.39, 0.29) is 5.91 Å². The minimum atomic E-state index is -0.241. The van der Waals surface area contributed by atoms with Gasteiger partial charge in [0.1, 0.15) is 25.0 Å². The molecule has 1 aromatic carbocycles. The van der Waals surface area contributed by atoms with Crippen LogP contribution in [-0.4, -0.2) is 30.6 Å². The minimum Gasteiger partial charge on any atom is -0.488 e. The summed E-state index contributed by atoms with van der Waals surface area (Å²) in [5.41, 5.74) is 3.82. The first-order chi connectivity index (χ1) is 14.6. The van der Waals surface area contributed by atoms with Crippen molar-refractivity contribution in [2.45, 2.75) is 20.5 Å². The molecule has 0 unspecified atom stereocenters. The van der Waals surface area contributed by atoms with E-state index in [0.29, 0.717) is 23.7 Å². The van der Waals surface area contributed by atoms with Crippen LogP contribution in [-0.2, 0) is 6.61 Å². The number of aromatic nitrogens is 5. The SMILES string of the molecule is Cc1cc(C(=O)Nc2cccnc2-n2cncn2)cc(C)c1OCc1cccnc1. The van der Waals surface area contributed by atoms with Gasteiger partial charge in [-0.2, -0.15) is 5.10 Å². The highest BCUT2D eigenvalue weighted by atomic mass is 16.5. The number of aryl methyl sites for hydroxylation is 2. The fourth-order valence-corrected chi connectivity index (χ4v) is 3.14. The van der Waals surface area contributed by atoms with Crippen molar-refractivity contribution in [2.75, 3.05) is 5.32 Å². The van der Waals surface area contributed by atoms with Gasteiger partial charge in [0.15, 0.2) is 5.82 Å². The predicted octanol–water partition coefficient (Wildman–Crippen LogP) is 3.51. The maximum Gasteiger partial charge on any atom is 0.255 e. The third-order valence-electron chi connectivity index (χ3n) is 4.50. The second-order valence-corrected chi connectivity index (χ2v) is 6.76. The third-order valence-corrected chi connectivity index (χ3v) is 4.50. The van der Waals surface area contributed by atoms with E-state index in [2.05, 4.69) is 25.4 Å². The highest BCUT2D eigenvalue weighted by Gasteiger charge is 2.15. The Morgan fingerprint density at radius 3 is 2.60 bits per heavy atom. The molecule has 0 bridgehead atoms. The van der Waals surface area contributed by atoms with Gasteiger partial charge in [0.05, 0.1) is 5.69 Å². The highest BCUT2D eigenvalue weighted by Crippen LogP contribution is 2.26. The van der Waals surface area contributed by atoms with Crippen molar-refractivity contribution >= 4 is 11.6 Å². The number of nitrogens with zero attached hydrogens (tertiary/aromatic N) is 5. The molecule has 30 heavy (non-hydrogen) atoms. The number of ether oxygens (including phenoxy) is 1. The van der Waals surface area contributed by atoms with E-state index in [1.54, 1.807) is 30.7 Å². The molecule has 0 spiro atoms. The molecule has 0 aliphatic heterocycles. The van der Waals surface area contributed by atoms with E-state index in [9.17, 15) is 4.79 Å². The molecule has 4 rings (SSSR count). The van der Waals surface area contributed by atoms with E-state index < -0.39 is 0 Å². The van der Waals surface area contributed by atoms with Crippen molar-refractivity contribution in [1.29, 1.82) is 0 Å². The summed E-state index contributed by atoms with van der Waals surface area (Å²) in [4.78, 5) is 25.2. The summed E-state index contributed by atoms with van der Waals surface area (Å²) in [6, 6.07) is 11.0. The molecule has 1 amide bonds. The average molecular weight is 400 g/mol. The molecule has 3 heterocycles. The zero-order valence-electron chi connectivity index (χ0n) is 16.6. The molecule has 8 heteroatoms. The first-order valence-corrected chi connectivity index (χ1v) is 9.36. The maximum absolute atomic E-state index is 12.9. The van der Waals surface area contributed by atoms with Gasteiger partial charge in [-0.1, -0.05) is 6.07 Å². The second kappa shape index (κ2) is 8.52. The van der Waals surface area contributed by atoms with Crippen LogP contribution in [0.2, 0.25) is 0 Å². The second-order valence-electron chi connectivity index (χ2n) is 6.76. The molecule has 0 aliphatic rings. The van der Waals surface area contributed by atoms with E-state index >= 15 is 0 Å². The van der Waals surface area contributed by atoms with Gasteiger partial charge in [-0.15, -0.1) is 0 Å². The van der Waals surface area contributed by atoms with Gasteiger partial charge in [-0.3, -0.25) is 9.78 Å². The van der Waals surface area contributed by atoms with Gasteiger partial charge in [0, 0.05) is 29.7 Å². The molecule has 0 saturated carbocycles. The van der Waals surface area contributed by atoms with Crippen LogP contribution in [0.25, 0.3) is 5.82 Å². The van der Waals surface area contributed by atoms with Gasteiger partial charge < -0.3 is 10.1 Å². The van der Waals surface area contributed by atoms with Crippen molar-refractivity contribution in [3.8, 4) is 11.6 Å². The number of pyridine rings is 2. The van der Waals surface area contributed by atoms with Crippen molar-refractivity contribution in [2.24, 2.45) is 0 Å². The monoisotopic (exact) mass is 400 g/mol. The van der Waals surface area contributed by atoms with Crippen LogP contribution < -0.4 is 10.1 Å². The summed E-state index contributed by atoms with van der Waals surface area (Å²) >= 11 is 0.